The highest BCUT2D eigenvalue weighted by atomic mass is 32.2. The van der Waals surface area contributed by atoms with E-state index >= 15 is 0 Å². The second-order valence-electron chi connectivity index (χ2n) is 12.8. The van der Waals surface area contributed by atoms with Crippen molar-refractivity contribution in [2.45, 2.75) is 56.8 Å². The maximum atomic E-state index is 13.9. The molecule has 0 saturated carbocycles. The van der Waals surface area contributed by atoms with Crippen molar-refractivity contribution >= 4 is 38.7 Å². The predicted molar refractivity (Wildman–Crippen MR) is 194 cm³/mol. The molecule has 0 saturated heterocycles. The van der Waals surface area contributed by atoms with Gasteiger partial charge in [0, 0.05) is 22.9 Å². The van der Waals surface area contributed by atoms with Crippen LogP contribution >= 0.6 is 0 Å². The Labute approximate surface area is 300 Å². The standard InChI is InChI=1S/C39H36N4O8S/c1-4-39(31-21-33-36-27(20-26-7-5-6-8-32(26)41-36)22-43(33)37(45)30(31)23-50-38(39)46)51-35(44)17-18-40-34(19-25-11-13-28(49-3)14-12-25)42-52(47,48)29-15-9-24(2)10-16-29/h5-16,20-21H,4,17-19,22-23H2,1-3H3,(H,40,42)/t39-/m0/s1. The number of benzene rings is 3. The topological polar surface area (TPSA) is 155 Å². The number of carbonyl (C=O) groups is 2. The van der Waals surface area contributed by atoms with Crippen molar-refractivity contribution in [3.05, 3.63) is 123 Å². The lowest BCUT2D eigenvalue weighted by atomic mass is 9.85. The molecule has 5 aromatic rings. The third-order valence-corrected chi connectivity index (χ3v) is 10.8. The van der Waals surface area contributed by atoms with Crippen molar-refractivity contribution < 1.29 is 32.2 Å². The minimum absolute atomic E-state index is 0.00775. The van der Waals surface area contributed by atoms with Crippen LogP contribution < -0.4 is 15.0 Å². The highest BCUT2D eigenvalue weighted by Gasteiger charge is 2.50. The minimum atomic E-state index is -4.00. The van der Waals surface area contributed by atoms with Crippen molar-refractivity contribution in [3.8, 4) is 17.1 Å². The smallest absolute Gasteiger partial charge is 0.355 e. The monoisotopic (exact) mass is 720 g/mol. The SMILES string of the molecule is CC[C@@]1(OC(=O)CCN=C(Cc2ccc(OC)cc2)NS(=O)(=O)c2ccc(C)cc2)C(=O)OCc2c1cc1n(c2=O)Cc2cc3ccccc3nc2-1. The van der Waals surface area contributed by atoms with Gasteiger partial charge in [0.2, 0.25) is 5.60 Å². The minimum Gasteiger partial charge on any atom is -0.497 e. The van der Waals surface area contributed by atoms with E-state index in [1.54, 1.807) is 61.1 Å². The first kappa shape index (κ1) is 34.6. The average molecular weight is 721 g/mol. The van der Waals surface area contributed by atoms with E-state index in [9.17, 15) is 22.8 Å². The number of aromatic nitrogens is 2. The molecule has 0 bridgehead atoms. The fraction of sp³-hybridized carbons (Fsp3) is 0.256. The number of para-hydroxylation sites is 1. The number of ether oxygens (including phenoxy) is 3. The molecule has 0 aliphatic carbocycles. The molecule has 2 aliphatic heterocycles. The summed E-state index contributed by atoms with van der Waals surface area (Å²) in [5, 5.41) is 0.944. The summed E-state index contributed by atoms with van der Waals surface area (Å²) < 4.78 is 47.4. The van der Waals surface area contributed by atoms with Crippen molar-refractivity contribution in [1.29, 1.82) is 0 Å². The maximum Gasteiger partial charge on any atom is 0.355 e. The number of hydrogen-bond acceptors (Lipinski definition) is 10. The molecule has 4 heterocycles. The second kappa shape index (κ2) is 13.7. The fourth-order valence-electron chi connectivity index (χ4n) is 6.60. The van der Waals surface area contributed by atoms with Crippen LogP contribution in [-0.2, 0) is 54.3 Å². The summed E-state index contributed by atoms with van der Waals surface area (Å²) in [6, 6.07) is 24.9. The zero-order valence-electron chi connectivity index (χ0n) is 28.8. The van der Waals surface area contributed by atoms with E-state index in [1.807, 2.05) is 37.3 Å². The molecule has 0 fully saturated rings. The summed E-state index contributed by atoms with van der Waals surface area (Å²) in [4.78, 5) is 50.2. The number of nitrogens with zero attached hydrogens (tertiary/aromatic N) is 3. The van der Waals surface area contributed by atoms with E-state index in [-0.39, 0.29) is 59.8 Å². The summed E-state index contributed by atoms with van der Waals surface area (Å²) in [6.45, 7) is 3.44. The zero-order chi connectivity index (χ0) is 36.6. The number of carbonyl (C=O) groups excluding carboxylic acids is 2. The summed E-state index contributed by atoms with van der Waals surface area (Å²) in [5.74, 6) is -0.807. The van der Waals surface area contributed by atoms with Gasteiger partial charge >= 0.3 is 11.9 Å². The molecule has 1 N–H and O–H groups in total. The first-order valence-corrected chi connectivity index (χ1v) is 18.3. The zero-order valence-corrected chi connectivity index (χ0v) is 29.7. The van der Waals surface area contributed by atoms with Crippen LogP contribution in [0.2, 0.25) is 0 Å². The van der Waals surface area contributed by atoms with Crippen LogP contribution in [0.1, 0.15) is 47.6 Å². The van der Waals surface area contributed by atoms with Gasteiger partial charge in [-0.25, -0.2) is 18.2 Å². The molecule has 2 aliphatic rings. The average Bonchev–Trinajstić information content (AvgIpc) is 3.49. The summed E-state index contributed by atoms with van der Waals surface area (Å²) >= 11 is 0. The van der Waals surface area contributed by atoms with Crippen molar-refractivity contribution in [2.24, 2.45) is 4.99 Å². The van der Waals surface area contributed by atoms with Gasteiger partial charge in [0.15, 0.2) is 0 Å². The van der Waals surface area contributed by atoms with Gasteiger partial charge in [0.05, 0.1) is 54.0 Å². The Hall–Kier alpha value is -5.82. The van der Waals surface area contributed by atoms with Gasteiger partial charge < -0.3 is 18.8 Å². The number of hydrogen-bond donors (Lipinski definition) is 1. The quantitative estimate of drug-likeness (QED) is 0.118. The third-order valence-electron chi connectivity index (χ3n) is 9.41. The molecule has 2 aromatic heterocycles. The van der Waals surface area contributed by atoms with Gasteiger partial charge in [-0.1, -0.05) is 55.0 Å². The van der Waals surface area contributed by atoms with Crippen LogP contribution in [0.15, 0.2) is 99.6 Å². The summed E-state index contributed by atoms with van der Waals surface area (Å²) in [6.07, 6.45) is -0.167. The van der Waals surface area contributed by atoms with Gasteiger partial charge in [0.1, 0.15) is 18.2 Å². The Morgan fingerprint density at radius 2 is 1.79 bits per heavy atom. The van der Waals surface area contributed by atoms with Crippen LogP contribution in [0.4, 0.5) is 0 Å². The van der Waals surface area contributed by atoms with Crippen molar-refractivity contribution in [2.75, 3.05) is 13.7 Å². The first-order chi connectivity index (χ1) is 25.0. The first-order valence-electron chi connectivity index (χ1n) is 16.8. The number of fused-ring (bicyclic) bond motifs is 5. The number of sulfonamides is 1. The molecule has 3 aromatic carbocycles. The number of nitrogens with one attached hydrogen (secondary N) is 1. The van der Waals surface area contributed by atoms with E-state index in [0.717, 1.165) is 27.6 Å². The van der Waals surface area contributed by atoms with Gasteiger partial charge in [-0.3, -0.25) is 19.3 Å². The number of aryl methyl sites for hydroxylation is 1. The Kier molecular flexibility index (Phi) is 9.13. The number of pyridine rings is 2. The molecule has 12 nitrogen and oxygen atoms in total. The van der Waals surface area contributed by atoms with E-state index in [4.69, 9.17) is 19.2 Å². The molecule has 0 unspecified atom stereocenters. The lowest BCUT2D eigenvalue weighted by Crippen LogP contribution is -2.47. The Morgan fingerprint density at radius 1 is 1.04 bits per heavy atom. The normalized spacial score (nSPS) is 16.4. The number of cyclic esters (lactones) is 1. The van der Waals surface area contributed by atoms with Crippen LogP contribution in [0, 0.1) is 6.92 Å². The molecule has 1 atom stereocenters. The van der Waals surface area contributed by atoms with Crippen LogP contribution in [0.5, 0.6) is 5.75 Å². The summed E-state index contributed by atoms with van der Waals surface area (Å²) in [5.41, 5.74) is 2.74. The molecule has 7 rings (SSSR count). The van der Waals surface area contributed by atoms with Crippen molar-refractivity contribution in [1.82, 2.24) is 14.3 Å². The van der Waals surface area contributed by atoms with Crippen LogP contribution in [0.3, 0.4) is 0 Å². The predicted octanol–water partition coefficient (Wildman–Crippen LogP) is 4.96. The summed E-state index contributed by atoms with van der Waals surface area (Å²) in [7, 11) is -2.45. The highest BCUT2D eigenvalue weighted by Crippen LogP contribution is 2.41. The van der Waals surface area contributed by atoms with E-state index in [1.165, 1.54) is 12.1 Å². The third kappa shape index (κ3) is 6.43. The maximum absolute atomic E-state index is 13.9. The van der Waals surface area contributed by atoms with E-state index < -0.39 is 27.6 Å². The number of aliphatic imine (C=N–C) groups is 1. The number of esters is 2. The van der Waals surface area contributed by atoms with Crippen molar-refractivity contribution in [3.63, 3.8) is 0 Å². The number of methoxy groups -OCH3 is 1. The fourth-order valence-corrected chi connectivity index (χ4v) is 7.66. The lowest BCUT2D eigenvalue weighted by molar-refractivity contribution is -0.189. The Morgan fingerprint density at radius 3 is 2.52 bits per heavy atom. The van der Waals surface area contributed by atoms with Gasteiger partial charge in [-0.2, -0.15) is 0 Å². The van der Waals surface area contributed by atoms with E-state index in [0.29, 0.717) is 23.7 Å². The molecule has 0 radical (unpaired) electrons. The number of rotatable bonds is 10. The van der Waals surface area contributed by atoms with Gasteiger partial charge in [-0.15, -0.1) is 0 Å². The molecule has 266 valence electrons. The molecule has 0 spiro atoms. The number of amidine groups is 1. The van der Waals surface area contributed by atoms with Gasteiger partial charge in [-0.05, 0) is 61.4 Å². The highest BCUT2D eigenvalue weighted by molar-refractivity contribution is 7.90. The molecule has 0 amide bonds. The van der Waals surface area contributed by atoms with Crippen LogP contribution in [-0.4, -0.2) is 49.4 Å². The second-order valence-corrected chi connectivity index (χ2v) is 14.4. The molecule has 13 heteroatoms. The lowest BCUT2D eigenvalue weighted by Gasteiger charge is -2.35. The van der Waals surface area contributed by atoms with Crippen LogP contribution in [0.25, 0.3) is 22.3 Å². The molecular weight excluding hydrogens is 685 g/mol. The molecular formula is C39H36N4O8S. The Bertz CT molecular complexity index is 2420. The molecule has 52 heavy (non-hydrogen) atoms. The largest absolute Gasteiger partial charge is 0.497 e. The van der Waals surface area contributed by atoms with E-state index in [2.05, 4.69) is 9.71 Å². The van der Waals surface area contributed by atoms with Gasteiger partial charge in [0.25, 0.3) is 15.6 Å². The Balaban J connectivity index is 1.16.